The van der Waals surface area contributed by atoms with E-state index in [1.54, 1.807) is 74.9 Å². The van der Waals surface area contributed by atoms with Gasteiger partial charge < -0.3 is 14.6 Å². The lowest BCUT2D eigenvalue weighted by molar-refractivity contribution is -0.131. The number of rotatable bonds is 7. The van der Waals surface area contributed by atoms with Crippen LogP contribution in [0.15, 0.2) is 109 Å². The van der Waals surface area contributed by atoms with Crippen molar-refractivity contribution in [2.45, 2.75) is 25.7 Å². The first-order chi connectivity index (χ1) is 25.1. The standard InChI is InChI=1S/C43H38N2O7/c1-43-35(40(48)45(42(43)50)28-7-5-4-6-8-28)24-34-32(38(43)26-13-17-30(46)18-14-26)20-21-33-37(34)41(49)44(39(33)47)29-15-10-25(11-16-29)9-12-27-23-31(51-2)19-22-36(27)52-3/h4-20,22-23,33-35,37-38,46H,21,24H2,1-3H3/t33-,34+,35-,37-,38-,43+/m0/s1. The summed E-state index contributed by atoms with van der Waals surface area (Å²) in [6.45, 7) is 1.86. The number of phenols is 1. The van der Waals surface area contributed by atoms with E-state index in [4.69, 9.17) is 9.47 Å². The number of para-hydroxylation sites is 1. The molecule has 2 aliphatic carbocycles. The molecule has 0 unspecified atom stereocenters. The first-order valence-electron chi connectivity index (χ1n) is 17.5. The van der Waals surface area contributed by atoms with Crippen molar-refractivity contribution in [2.75, 3.05) is 24.0 Å². The SMILES string of the molecule is COc1ccc(OC)c(C=Cc2ccc(N3C(=O)[C@H]4[C@H](CC=C5[C@H]4C[C@H]4C(=O)N(c6ccccc6)C(=O)[C@@]4(C)[C@H]5c4ccc(O)cc4)C3=O)cc2)c1. The van der Waals surface area contributed by atoms with Crippen LogP contribution in [0, 0.1) is 29.1 Å². The number of methoxy groups -OCH3 is 2. The zero-order valence-electron chi connectivity index (χ0n) is 29.1. The maximum absolute atomic E-state index is 14.5. The van der Waals surface area contributed by atoms with Gasteiger partial charge in [0.2, 0.25) is 23.6 Å². The summed E-state index contributed by atoms with van der Waals surface area (Å²) in [6, 6.07) is 28.5. The molecule has 4 aliphatic rings. The third kappa shape index (κ3) is 5.05. The fourth-order valence-corrected chi connectivity index (χ4v) is 9.03. The van der Waals surface area contributed by atoms with Crippen LogP contribution in [0.5, 0.6) is 17.2 Å². The van der Waals surface area contributed by atoms with Crippen LogP contribution in [-0.2, 0) is 19.2 Å². The molecule has 52 heavy (non-hydrogen) atoms. The molecule has 0 aromatic heterocycles. The van der Waals surface area contributed by atoms with Crippen molar-refractivity contribution in [1.29, 1.82) is 0 Å². The number of benzene rings is 4. The number of carbonyl (C=O) groups excluding carboxylic acids is 4. The Morgan fingerprint density at radius 2 is 1.46 bits per heavy atom. The highest BCUT2D eigenvalue weighted by atomic mass is 16.5. The predicted octanol–water partition coefficient (Wildman–Crippen LogP) is 7.02. The lowest BCUT2D eigenvalue weighted by atomic mass is 9.51. The second-order valence-electron chi connectivity index (χ2n) is 14.1. The Morgan fingerprint density at radius 3 is 2.15 bits per heavy atom. The van der Waals surface area contributed by atoms with Gasteiger partial charge in [-0.1, -0.05) is 66.3 Å². The van der Waals surface area contributed by atoms with E-state index < -0.39 is 35.0 Å². The second kappa shape index (κ2) is 12.7. The van der Waals surface area contributed by atoms with E-state index in [9.17, 15) is 24.3 Å². The summed E-state index contributed by atoms with van der Waals surface area (Å²) in [7, 11) is 3.22. The maximum atomic E-state index is 14.5. The molecule has 8 rings (SSSR count). The predicted molar refractivity (Wildman–Crippen MR) is 197 cm³/mol. The quantitative estimate of drug-likeness (QED) is 0.126. The van der Waals surface area contributed by atoms with Gasteiger partial charge in [0.05, 0.1) is 48.8 Å². The molecule has 2 aliphatic heterocycles. The van der Waals surface area contributed by atoms with Crippen LogP contribution in [0.4, 0.5) is 11.4 Å². The van der Waals surface area contributed by atoms with Crippen molar-refractivity contribution in [3.8, 4) is 17.2 Å². The minimum absolute atomic E-state index is 0.0870. The largest absolute Gasteiger partial charge is 0.508 e. The van der Waals surface area contributed by atoms with E-state index in [2.05, 4.69) is 0 Å². The number of carbonyl (C=O) groups is 4. The highest BCUT2D eigenvalue weighted by molar-refractivity contribution is 6.25. The maximum Gasteiger partial charge on any atom is 0.241 e. The molecule has 4 amide bonds. The summed E-state index contributed by atoms with van der Waals surface area (Å²) >= 11 is 0. The Hall–Kier alpha value is -5.96. The summed E-state index contributed by atoms with van der Waals surface area (Å²) in [5.41, 5.74) is 3.24. The summed E-state index contributed by atoms with van der Waals surface area (Å²) in [5.74, 6) is -2.58. The Morgan fingerprint density at radius 1 is 0.750 bits per heavy atom. The average Bonchev–Trinajstić information content (AvgIpc) is 3.54. The highest BCUT2D eigenvalue weighted by Gasteiger charge is 2.67. The number of fused-ring (bicyclic) bond motifs is 4. The van der Waals surface area contributed by atoms with E-state index in [-0.39, 0.29) is 35.8 Å². The number of phenolic OH excluding ortho intramolecular Hbond substituents is 1. The normalized spacial score (nSPS) is 26.7. The lowest BCUT2D eigenvalue weighted by Gasteiger charge is -2.49. The van der Waals surface area contributed by atoms with Gasteiger partial charge in [-0.05, 0) is 91.4 Å². The average molecular weight is 695 g/mol. The molecular formula is C43H38N2O7. The Balaban J connectivity index is 1.12. The van der Waals surface area contributed by atoms with Crippen LogP contribution in [0.3, 0.4) is 0 Å². The molecule has 2 saturated heterocycles. The number of nitrogens with zero attached hydrogens (tertiary/aromatic N) is 2. The van der Waals surface area contributed by atoms with Gasteiger partial charge >= 0.3 is 0 Å². The highest BCUT2D eigenvalue weighted by Crippen LogP contribution is 2.63. The Bertz CT molecular complexity index is 2160. The molecule has 0 radical (unpaired) electrons. The zero-order valence-corrected chi connectivity index (χ0v) is 29.1. The molecule has 3 fully saturated rings. The zero-order chi connectivity index (χ0) is 36.3. The van der Waals surface area contributed by atoms with E-state index in [1.807, 2.05) is 61.5 Å². The number of aromatic hydroxyl groups is 1. The molecule has 4 aromatic carbocycles. The number of amides is 4. The monoisotopic (exact) mass is 694 g/mol. The molecule has 0 spiro atoms. The van der Waals surface area contributed by atoms with Crippen LogP contribution in [0.2, 0.25) is 0 Å². The van der Waals surface area contributed by atoms with Crippen molar-refractivity contribution in [2.24, 2.45) is 29.1 Å². The third-order valence-electron chi connectivity index (χ3n) is 11.6. The van der Waals surface area contributed by atoms with Gasteiger partial charge in [0.15, 0.2) is 0 Å². The number of imide groups is 2. The third-order valence-corrected chi connectivity index (χ3v) is 11.6. The van der Waals surface area contributed by atoms with Crippen molar-refractivity contribution < 1.29 is 33.8 Å². The summed E-state index contributed by atoms with van der Waals surface area (Å²) in [5, 5.41) is 10.1. The molecule has 1 saturated carbocycles. The van der Waals surface area contributed by atoms with Gasteiger partial charge in [-0.2, -0.15) is 0 Å². The molecule has 262 valence electrons. The second-order valence-corrected chi connectivity index (χ2v) is 14.1. The summed E-state index contributed by atoms with van der Waals surface area (Å²) in [4.78, 5) is 59.9. The van der Waals surface area contributed by atoms with Crippen molar-refractivity contribution in [3.05, 3.63) is 125 Å². The number of anilines is 2. The van der Waals surface area contributed by atoms with Gasteiger partial charge in [0.1, 0.15) is 17.2 Å². The summed E-state index contributed by atoms with van der Waals surface area (Å²) < 4.78 is 10.8. The van der Waals surface area contributed by atoms with Gasteiger partial charge in [-0.25, -0.2) is 4.90 Å². The lowest BCUT2D eigenvalue weighted by Crippen LogP contribution is -2.48. The van der Waals surface area contributed by atoms with Crippen LogP contribution >= 0.6 is 0 Å². The van der Waals surface area contributed by atoms with E-state index >= 15 is 0 Å². The van der Waals surface area contributed by atoms with Crippen LogP contribution in [0.1, 0.15) is 42.4 Å². The molecule has 9 heteroatoms. The van der Waals surface area contributed by atoms with E-state index in [0.717, 1.165) is 22.3 Å². The van der Waals surface area contributed by atoms with Crippen molar-refractivity contribution in [1.82, 2.24) is 0 Å². The minimum atomic E-state index is -1.14. The van der Waals surface area contributed by atoms with Gasteiger partial charge in [-0.3, -0.25) is 24.1 Å². The van der Waals surface area contributed by atoms with Gasteiger partial charge in [0.25, 0.3) is 0 Å². The molecule has 2 heterocycles. The number of hydrogen-bond donors (Lipinski definition) is 1. The first kappa shape index (κ1) is 33.2. The van der Waals surface area contributed by atoms with E-state index in [1.165, 1.54) is 9.80 Å². The van der Waals surface area contributed by atoms with E-state index in [0.29, 0.717) is 29.3 Å². The topological polar surface area (TPSA) is 113 Å². The molecule has 0 bridgehead atoms. The fourth-order valence-electron chi connectivity index (χ4n) is 9.03. The van der Waals surface area contributed by atoms with Crippen molar-refractivity contribution >= 4 is 47.2 Å². The molecule has 9 nitrogen and oxygen atoms in total. The fraction of sp³-hybridized carbons (Fsp3) is 0.256. The number of hydrogen-bond acceptors (Lipinski definition) is 7. The Labute approximate surface area is 301 Å². The van der Waals surface area contributed by atoms with Gasteiger partial charge in [-0.15, -0.1) is 0 Å². The minimum Gasteiger partial charge on any atom is -0.508 e. The number of allylic oxidation sites excluding steroid dienone is 2. The molecule has 4 aromatic rings. The van der Waals surface area contributed by atoms with Crippen molar-refractivity contribution in [3.63, 3.8) is 0 Å². The van der Waals surface area contributed by atoms with Crippen LogP contribution in [-0.4, -0.2) is 43.0 Å². The van der Waals surface area contributed by atoms with Crippen LogP contribution < -0.4 is 19.3 Å². The smallest absolute Gasteiger partial charge is 0.241 e. The number of ether oxygens (including phenoxy) is 2. The Kier molecular flexibility index (Phi) is 8.09. The van der Waals surface area contributed by atoms with Gasteiger partial charge in [0, 0.05) is 11.5 Å². The molecule has 1 N–H and O–H groups in total. The first-order valence-corrected chi connectivity index (χ1v) is 17.5. The van der Waals surface area contributed by atoms with Crippen LogP contribution in [0.25, 0.3) is 12.2 Å². The summed E-state index contributed by atoms with van der Waals surface area (Å²) in [6.07, 6.45) is 6.49. The molecular weight excluding hydrogens is 656 g/mol. The molecule has 6 atom stereocenters.